The average Bonchev–Trinajstić information content (AvgIpc) is 2.90. The van der Waals surface area contributed by atoms with Gasteiger partial charge in [0, 0.05) is 5.92 Å². The normalized spacial score (nSPS) is 25.9. The Morgan fingerprint density at radius 2 is 1.93 bits per heavy atom. The first kappa shape index (κ1) is 12.0. The molecule has 1 aliphatic rings. The number of esters is 1. The van der Waals surface area contributed by atoms with E-state index in [0.717, 1.165) is 6.42 Å². The Kier molecular flexibility index (Phi) is 3.72. The molecule has 4 heteroatoms. The van der Waals surface area contributed by atoms with E-state index in [4.69, 9.17) is 0 Å². The predicted molar refractivity (Wildman–Crippen MR) is 56.1 cm³/mol. The molecule has 86 valence electrons. The summed E-state index contributed by atoms with van der Waals surface area (Å²) < 4.78 is 4.65. The van der Waals surface area contributed by atoms with Crippen molar-refractivity contribution in [2.45, 2.75) is 33.2 Å². The topological polar surface area (TPSA) is 55.4 Å². The van der Waals surface area contributed by atoms with Crippen LogP contribution in [0.4, 0.5) is 0 Å². The maximum atomic E-state index is 11.6. The second-order valence-corrected chi connectivity index (χ2v) is 4.57. The number of methoxy groups -OCH3 is 1. The molecule has 0 radical (unpaired) electrons. The fourth-order valence-electron chi connectivity index (χ4n) is 1.57. The summed E-state index contributed by atoms with van der Waals surface area (Å²) in [5, 5.41) is 2.75. The summed E-state index contributed by atoms with van der Waals surface area (Å²) >= 11 is 0. The van der Waals surface area contributed by atoms with Crippen molar-refractivity contribution in [3.05, 3.63) is 0 Å². The van der Waals surface area contributed by atoms with E-state index in [1.165, 1.54) is 7.11 Å². The van der Waals surface area contributed by atoms with Crippen molar-refractivity contribution in [1.82, 2.24) is 5.32 Å². The molecule has 4 nitrogen and oxygen atoms in total. The zero-order valence-electron chi connectivity index (χ0n) is 9.74. The number of nitrogens with one attached hydrogen (secondary N) is 1. The first-order chi connectivity index (χ1) is 6.97. The highest BCUT2D eigenvalue weighted by Gasteiger charge is 2.40. The molecule has 0 aromatic carbocycles. The van der Waals surface area contributed by atoms with E-state index in [2.05, 4.69) is 10.1 Å². The minimum absolute atomic E-state index is 0.0217. The molecule has 1 fully saturated rings. The van der Waals surface area contributed by atoms with Crippen molar-refractivity contribution in [3.63, 3.8) is 0 Å². The molecule has 0 aromatic heterocycles. The van der Waals surface area contributed by atoms with Gasteiger partial charge in [-0.2, -0.15) is 0 Å². The van der Waals surface area contributed by atoms with Crippen LogP contribution in [-0.4, -0.2) is 25.0 Å². The van der Waals surface area contributed by atoms with Crippen LogP contribution in [0.25, 0.3) is 0 Å². The molecule has 0 heterocycles. The van der Waals surface area contributed by atoms with Gasteiger partial charge in [-0.25, -0.2) is 4.79 Å². The van der Waals surface area contributed by atoms with E-state index in [1.54, 1.807) is 0 Å². The molecule has 1 amide bonds. The molecule has 1 N–H and O–H groups in total. The summed E-state index contributed by atoms with van der Waals surface area (Å²) in [7, 11) is 1.34. The number of rotatable bonds is 4. The number of hydrogen-bond acceptors (Lipinski definition) is 3. The van der Waals surface area contributed by atoms with Crippen LogP contribution < -0.4 is 5.32 Å². The molecule has 0 aliphatic heterocycles. The summed E-state index contributed by atoms with van der Waals surface area (Å²) in [5.74, 6) is 0.208. The molecular formula is C11H19NO3. The van der Waals surface area contributed by atoms with E-state index in [1.807, 2.05) is 20.8 Å². The Morgan fingerprint density at radius 1 is 1.40 bits per heavy atom. The molecule has 15 heavy (non-hydrogen) atoms. The summed E-state index contributed by atoms with van der Waals surface area (Å²) in [4.78, 5) is 23.0. The van der Waals surface area contributed by atoms with Crippen molar-refractivity contribution >= 4 is 11.9 Å². The van der Waals surface area contributed by atoms with Gasteiger partial charge >= 0.3 is 5.97 Å². The highest BCUT2D eigenvalue weighted by molar-refractivity contribution is 5.87. The van der Waals surface area contributed by atoms with Gasteiger partial charge in [-0.1, -0.05) is 20.8 Å². The number of ether oxygens (including phenoxy) is 1. The largest absolute Gasteiger partial charge is 0.467 e. The highest BCUT2D eigenvalue weighted by atomic mass is 16.5. The lowest BCUT2D eigenvalue weighted by Gasteiger charge is -2.19. The molecule has 1 rings (SSSR count). The van der Waals surface area contributed by atoms with Gasteiger partial charge in [0.1, 0.15) is 6.04 Å². The van der Waals surface area contributed by atoms with Gasteiger partial charge < -0.3 is 10.1 Å². The molecular weight excluding hydrogens is 194 g/mol. The summed E-state index contributed by atoms with van der Waals surface area (Å²) in [6.45, 7) is 5.81. The van der Waals surface area contributed by atoms with Crippen LogP contribution in [0, 0.1) is 17.8 Å². The van der Waals surface area contributed by atoms with Gasteiger partial charge in [0.25, 0.3) is 0 Å². The molecule has 0 spiro atoms. The lowest BCUT2D eigenvalue weighted by Crippen LogP contribution is -2.45. The zero-order chi connectivity index (χ0) is 11.6. The second kappa shape index (κ2) is 4.64. The Labute approximate surface area is 90.4 Å². The summed E-state index contributed by atoms with van der Waals surface area (Å²) in [6.07, 6.45) is 0.928. The fraction of sp³-hybridized carbons (Fsp3) is 0.818. The van der Waals surface area contributed by atoms with Crippen LogP contribution in [-0.2, 0) is 14.3 Å². The van der Waals surface area contributed by atoms with E-state index in [9.17, 15) is 9.59 Å². The second-order valence-electron chi connectivity index (χ2n) is 4.57. The standard InChI is InChI=1S/C11H19NO3/c1-6(2)9(11(14)15-4)12-10(13)8-5-7(8)3/h6-9H,5H2,1-4H3,(H,12,13). The predicted octanol–water partition coefficient (Wildman–Crippen LogP) is 0.956. The fourth-order valence-corrected chi connectivity index (χ4v) is 1.57. The molecule has 0 saturated heterocycles. The molecule has 1 saturated carbocycles. The van der Waals surface area contributed by atoms with Gasteiger partial charge in [0.2, 0.25) is 5.91 Å². The van der Waals surface area contributed by atoms with E-state index >= 15 is 0 Å². The lowest BCUT2D eigenvalue weighted by atomic mass is 10.0. The first-order valence-corrected chi connectivity index (χ1v) is 5.35. The van der Waals surface area contributed by atoms with Crippen molar-refractivity contribution in [2.24, 2.45) is 17.8 Å². The van der Waals surface area contributed by atoms with Crippen LogP contribution >= 0.6 is 0 Å². The van der Waals surface area contributed by atoms with Gasteiger partial charge in [0.15, 0.2) is 0 Å². The summed E-state index contributed by atoms with van der Waals surface area (Å²) in [6, 6.07) is -0.518. The Bertz CT molecular complexity index is 263. The molecule has 3 unspecified atom stereocenters. The smallest absolute Gasteiger partial charge is 0.328 e. The van der Waals surface area contributed by atoms with Crippen molar-refractivity contribution in [3.8, 4) is 0 Å². The Hall–Kier alpha value is -1.06. The van der Waals surface area contributed by atoms with Crippen molar-refractivity contribution in [1.29, 1.82) is 0 Å². The SMILES string of the molecule is COC(=O)C(NC(=O)C1CC1C)C(C)C. The van der Waals surface area contributed by atoms with Crippen LogP contribution in [0.1, 0.15) is 27.2 Å². The Morgan fingerprint density at radius 3 is 2.27 bits per heavy atom. The quantitative estimate of drug-likeness (QED) is 0.707. The molecule has 3 atom stereocenters. The third-order valence-corrected chi connectivity index (χ3v) is 2.87. The van der Waals surface area contributed by atoms with Crippen LogP contribution in [0.2, 0.25) is 0 Å². The van der Waals surface area contributed by atoms with E-state index in [0.29, 0.717) is 5.92 Å². The zero-order valence-corrected chi connectivity index (χ0v) is 9.74. The number of hydrogen-bond donors (Lipinski definition) is 1. The van der Waals surface area contributed by atoms with Crippen LogP contribution in [0.5, 0.6) is 0 Å². The number of carbonyl (C=O) groups excluding carboxylic acids is 2. The van der Waals surface area contributed by atoms with Gasteiger partial charge in [0.05, 0.1) is 7.11 Å². The van der Waals surface area contributed by atoms with Gasteiger partial charge in [-0.3, -0.25) is 4.79 Å². The third kappa shape index (κ3) is 2.94. The monoisotopic (exact) mass is 213 g/mol. The molecule has 0 aromatic rings. The van der Waals surface area contributed by atoms with Crippen molar-refractivity contribution in [2.75, 3.05) is 7.11 Å². The lowest BCUT2D eigenvalue weighted by molar-refractivity contribution is -0.146. The van der Waals surface area contributed by atoms with Crippen LogP contribution in [0.15, 0.2) is 0 Å². The van der Waals surface area contributed by atoms with Crippen LogP contribution in [0.3, 0.4) is 0 Å². The molecule has 1 aliphatic carbocycles. The maximum Gasteiger partial charge on any atom is 0.328 e. The molecule has 0 bridgehead atoms. The van der Waals surface area contributed by atoms with E-state index < -0.39 is 6.04 Å². The van der Waals surface area contributed by atoms with E-state index in [-0.39, 0.29) is 23.7 Å². The highest BCUT2D eigenvalue weighted by Crippen LogP contribution is 2.37. The van der Waals surface area contributed by atoms with Crippen molar-refractivity contribution < 1.29 is 14.3 Å². The average molecular weight is 213 g/mol. The minimum Gasteiger partial charge on any atom is -0.467 e. The Balaban J connectivity index is 2.51. The third-order valence-electron chi connectivity index (χ3n) is 2.87. The summed E-state index contributed by atoms with van der Waals surface area (Å²) in [5.41, 5.74) is 0. The van der Waals surface area contributed by atoms with Gasteiger partial charge in [-0.05, 0) is 18.3 Å². The number of carbonyl (C=O) groups is 2. The number of amides is 1. The minimum atomic E-state index is -0.518. The maximum absolute atomic E-state index is 11.6. The van der Waals surface area contributed by atoms with Gasteiger partial charge in [-0.15, -0.1) is 0 Å². The first-order valence-electron chi connectivity index (χ1n) is 5.35.